The highest BCUT2D eigenvalue weighted by molar-refractivity contribution is 6.14. The van der Waals surface area contributed by atoms with Crippen LogP contribution in [-0.4, -0.2) is 50.6 Å². The Morgan fingerprint density at radius 2 is 2.00 bits per heavy atom. The number of nitrogens with one attached hydrogen (secondary N) is 4. The van der Waals surface area contributed by atoms with E-state index in [2.05, 4.69) is 40.9 Å². The lowest BCUT2D eigenvalue weighted by molar-refractivity contribution is 0.437. The Hall–Kier alpha value is -3.53. The predicted molar refractivity (Wildman–Crippen MR) is 120 cm³/mol. The number of halogens is 1. The van der Waals surface area contributed by atoms with Crippen LogP contribution in [0, 0.1) is 18.7 Å². The lowest BCUT2D eigenvalue weighted by Gasteiger charge is -2.24. The van der Waals surface area contributed by atoms with Gasteiger partial charge in [0.25, 0.3) is 0 Å². The SMILES string of the molecule is CNc1cc(F)cc2c1[nH]c1nc(Oc3cnc(C)nc3)nc(N[C@@H]3CC4CC3CN4)c12. The molecule has 1 aliphatic carbocycles. The van der Waals surface area contributed by atoms with Crippen molar-refractivity contribution in [2.24, 2.45) is 5.92 Å². The highest BCUT2D eigenvalue weighted by Crippen LogP contribution is 2.38. The van der Waals surface area contributed by atoms with Gasteiger partial charge in [-0.25, -0.2) is 14.4 Å². The quantitative estimate of drug-likeness (QED) is 0.378. The molecule has 2 fully saturated rings. The highest BCUT2D eigenvalue weighted by atomic mass is 19.1. The van der Waals surface area contributed by atoms with Gasteiger partial charge in [0.05, 0.1) is 29.0 Å². The summed E-state index contributed by atoms with van der Waals surface area (Å²) in [6, 6.07) is 3.97. The number of anilines is 2. The molecule has 0 spiro atoms. The van der Waals surface area contributed by atoms with E-state index < -0.39 is 0 Å². The third-order valence-electron chi connectivity index (χ3n) is 6.43. The van der Waals surface area contributed by atoms with Crippen molar-refractivity contribution in [2.75, 3.05) is 24.2 Å². The molecule has 9 nitrogen and oxygen atoms in total. The van der Waals surface area contributed by atoms with Gasteiger partial charge in [0.2, 0.25) is 0 Å². The summed E-state index contributed by atoms with van der Waals surface area (Å²) < 4.78 is 20.3. The van der Waals surface area contributed by atoms with Crippen molar-refractivity contribution in [1.29, 1.82) is 0 Å². The van der Waals surface area contributed by atoms with E-state index in [0.717, 1.165) is 35.7 Å². The predicted octanol–water partition coefficient (Wildman–Crippen LogP) is 3.34. The van der Waals surface area contributed by atoms with Gasteiger partial charge in [-0.3, -0.25) is 0 Å². The molecular weight excluding hydrogens is 411 g/mol. The van der Waals surface area contributed by atoms with Gasteiger partial charge in [0, 0.05) is 31.1 Å². The average molecular weight is 434 g/mol. The molecule has 6 rings (SSSR count). The number of aromatic amines is 1. The van der Waals surface area contributed by atoms with Crippen LogP contribution in [0.5, 0.6) is 11.8 Å². The summed E-state index contributed by atoms with van der Waals surface area (Å²) in [6.07, 6.45) is 5.35. The lowest BCUT2D eigenvalue weighted by Crippen LogP contribution is -2.37. The Balaban J connectivity index is 1.49. The van der Waals surface area contributed by atoms with Crippen LogP contribution in [0.1, 0.15) is 18.7 Å². The molecule has 1 saturated carbocycles. The number of benzene rings is 1. The molecule has 32 heavy (non-hydrogen) atoms. The summed E-state index contributed by atoms with van der Waals surface area (Å²) >= 11 is 0. The van der Waals surface area contributed by atoms with Crippen molar-refractivity contribution < 1.29 is 9.13 Å². The van der Waals surface area contributed by atoms with Crippen LogP contribution >= 0.6 is 0 Å². The topological polar surface area (TPSA) is 113 Å². The van der Waals surface area contributed by atoms with Crippen LogP contribution in [0.4, 0.5) is 15.9 Å². The maximum absolute atomic E-state index is 14.4. The molecule has 164 valence electrons. The zero-order valence-electron chi connectivity index (χ0n) is 17.7. The van der Waals surface area contributed by atoms with Gasteiger partial charge in [0.1, 0.15) is 23.1 Å². The van der Waals surface area contributed by atoms with E-state index in [0.29, 0.717) is 40.7 Å². The van der Waals surface area contributed by atoms with Crippen LogP contribution in [0.25, 0.3) is 21.9 Å². The molecule has 3 aromatic heterocycles. The second-order valence-electron chi connectivity index (χ2n) is 8.48. The molecule has 2 bridgehead atoms. The molecule has 3 atom stereocenters. The van der Waals surface area contributed by atoms with E-state index in [-0.39, 0.29) is 17.9 Å². The first-order valence-corrected chi connectivity index (χ1v) is 10.7. The summed E-state index contributed by atoms with van der Waals surface area (Å²) in [7, 11) is 1.76. The zero-order chi connectivity index (χ0) is 21.8. The second kappa shape index (κ2) is 7.27. The zero-order valence-corrected chi connectivity index (χ0v) is 17.7. The number of hydrogen-bond acceptors (Lipinski definition) is 8. The third-order valence-corrected chi connectivity index (χ3v) is 6.43. The minimum atomic E-state index is -0.324. The standard InChI is InChI=1S/C22H23FN8O/c1-10-25-8-14(9-26-10)32-22-30-20(28-16-6-13-3-11(16)7-27-13)18-15-4-12(23)5-17(24-2)19(15)29-21(18)31-22/h4-5,8-9,11,13,16,24,27H,3,6-7H2,1-2H3,(H2,28,29,30,31)/t11?,13?,16-/m1/s1. The van der Waals surface area contributed by atoms with E-state index in [1.54, 1.807) is 19.4 Å². The van der Waals surface area contributed by atoms with Crippen molar-refractivity contribution in [2.45, 2.75) is 31.8 Å². The number of aromatic nitrogens is 5. The number of hydrogen-bond donors (Lipinski definition) is 4. The number of ether oxygens (including phenoxy) is 1. The van der Waals surface area contributed by atoms with Gasteiger partial charge in [0.15, 0.2) is 5.75 Å². The normalized spacial score (nSPS) is 22.0. The molecule has 0 amide bonds. The molecule has 0 radical (unpaired) electrons. The van der Waals surface area contributed by atoms with E-state index in [1.165, 1.54) is 12.1 Å². The van der Waals surface area contributed by atoms with Crippen molar-refractivity contribution in [3.05, 3.63) is 36.2 Å². The van der Waals surface area contributed by atoms with Crippen LogP contribution in [0.2, 0.25) is 0 Å². The van der Waals surface area contributed by atoms with Crippen LogP contribution in [-0.2, 0) is 0 Å². The molecule has 2 unspecified atom stereocenters. The Bertz CT molecular complexity index is 1320. The number of H-pyrrole nitrogens is 1. The Morgan fingerprint density at radius 3 is 2.72 bits per heavy atom. The van der Waals surface area contributed by atoms with Gasteiger partial charge in [-0.15, -0.1) is 0 Å². The largest absolute Gasteiger partial charge is 0.421 e. The maximum atomic E-state index is 14.4. The van der Waals surface area contributed by atoms with Gasteiger partial charge in [-0.2, -0.15) is 9.97 Å². The summed E-state index contributed by atoms with van der Waals surface area (Å²) in [5.74, 6) is 1.94. The van der Waals surface area contributed by atoms with Gasteiger partial charge >= 0.3 is 6.01 Å². The molecule has 4 N–H and O–H groups in total. The molecule has 2 aliphatic rings. The molecule has 4 aromatic rings. The van der Waals surface area contributed by atoms with Gasteiger partial charge in [-0.05, 0) is 37.8 Å². The smallest absolute Gasteiger partial charge is 0.326 e. The van der Waals surface area contributed by atoms with E-state index in [1.807, 2.05) is 6.92 Å². The van der Waals surface area contributed by atoms with Crippen molar-refractivity contribution in [3.8, 4) is 11.8 Å². The number of aryl methyl sites for hydroxylation is 1. The first kappa shape index (κ1) is 19.2. The van der Waals surface area contributed by atoms with Crippen molar-refractivity contribution >= 4 is 33.4 Å². The Labute approximate surface area is 183 Å². The van der Waals surface area contributed by atoms with E-state index in [4.69, 9.17) is 4.74 Å². The van der Waals surface area contributed by atoms with Crippen molar-refractivity contribution in [1.82, 2.24) is 30.2 Å². The maximum Gasteiger partial charge on any atom is 0.326 e. The van der Waals surface area contributed by atoms with Crippen LogP contribution in [0.3, 0.4) is 0 Å². The Morgan fingerprint density at radius 1 is 1.16 bits per heavy atom. The minimum Gasteiger partial charge on any atom is -0.421 e. The highest BCUT2D eigenvalue weighted by Gasteiger charge is 2.39. The van der Waals surface area contributed by atoms with Crippen molar-refractivity contribution in [3.63, 3.8) is 0 Å². The lowest BCUT2D eigenvalue weighted by atomic mass is 10.0. The average Bonchev–Trinajstić information content (AvgIpc) is 3.49. The number of fused-ring (bicyclic) bond motifs is 5. The number of piperidine rings is 1. The van der Waals surface area contributed by atoms with E-state index >= 15 is 0 Å². The molecule has 1 aliphatic heterocycles. The molecule has 1 aromatic carbocycles. The first-order valence-electron chi connectivity index (χ1n) is 10.7. The van der Waals surface area contributed by atoms with Gasteiger partial charge < -0.3 is 25.7 Å². The monoisotopic (exact) mass is 434 g/mol. The fraction of sp³-hybridized carbons (Fsp3) is 0.364. The summed E-state index contributed by atoms with van der Waals surface area (Å²) in [4.78, 5) is 20.9. The van der Waals surface area contributed by atoms with Gasteiger partial charge in [-0.1, -0.05) is 0 Å². The minimum absolute atomic E-state index is 0.173. The fourth-order valence-electron chi connectivity index (χ4n) is 4.92. The first-order chi connectivity index (χ1) is 15.6. The third kappa shape index (κ3) is 3.18. The summed E-state index contributed by atoms with van der Waals surface area (Å²) in [5.41, 5.74) is 2.00. The number of nitrogens with zero attached hydrogens (tertiary/aromatic N) is 4. The number of rotatable bonds is 5. The van der Waals surface area contributed by atoms with Crippen LogP contribution in [0.15, 0.2) is 24.5 Å². The second-order valence-corrected chi connectivity index (χ2v) is 8.48. The molecule has 1 saturated heterocycles. The summed E-state index contributed by atoms with van der Waals surface area (Å²) in [5, 5.41) is 11.7. The Kier molecular flexibility index (Phi) is 4.35. The molecular formula is C22H23FN8O. The molecule has 10 heteroatoms. The fourth-order valence-corrected chi connectivity index (χ4v) is 4.92. The summed E-state index contributed by atoms with van der Waals surface area (Å²) in [6.45, 7) is 2.80. The van der Waals surface area contributed by atoms with Crippen LogP contribution < -0.4 is 20.7 Å². The van der Waals surface area contributed by atoms with E-state index in [9.17, 15) is 4.39 Å². The molecule has 4 heterocycles.